The number of allylic oxidation sites excluding steroid dienone is 2. The maximum absolute atomic E-state index is 4.87. The molecule has 0 rings (SSSR count). The van der Waals surface area contributed by atoms with Crippen molar-refractivity contribution in [2.75, 3.05) is 7.11 Å². The van der Waals surface area contributed by atoms with Gasteiger partial charge in [-0.3, -0.25) is 4.99 Å². The smallest absolute Gasteiger partial charge is 0.137 e. The largest absolute Gasteiger partial charge is 0.495 e. The van der Waals surface area contributed by atoms with E-state index >= 15 is 0 Å². The molecule has 0 aliphatic heterocycles. The van der Waals surface area contributed by atoms with E-state index in [-0.39, 0.29) is 0 Å². The predicted molar refractivity (Wildman–Crippen MR) is 48.6 cm³/mol. The third kappa shape index (κ3) is 3.40. The number of hydrogen-bond donors (Lipinski definition) is 0. The van der Waals surface area contributed by atoms with Crippen LogP contribution >= 0.6 is 0 Å². The number of ether oxygens (including phenoxy) is 1. The molecular formula is C9H13NO. The normalized spacial score (nSPS) is 10.5. The minimum atomic E-state index is 0.503. The summed E-state index contributed by atoms with van der Waals surface area (Å²) in [6, 6.07) is 0. The Hall–Kier alpha value is -1.31. The van der Waals surface area contributed by atoms with E-state index in [4.69, 9.17) is 4.74 Å². The summed E-state index contributed by atoms with van der Waals surface area (Å²) in [7, 11) is 1.54. The van der Waals surface area contributed by atoms with Gasteiger partial charge in [0.25, 0.3) is 0 Å². The predicted octanol–water partition coefficient (Wildman–Crippen LogP) is 2.31. The summed E-state index contributed by atoms with van der Waals surface area (Å²) < 4.78 is 4.87. The summed E-state index contributed by atoms with van der Waals surface area (Å²) in [6.07, 6.45) is 1.76. The minimum Gasteiger partial charge on any atom is -0.495 e. The molecule has 0 aromatic heterocycles. The van der Waals surface area contributed by atoms with Crippen LogP contribution in [0.1, 0.15) is 6.92 Å². The van der Waals surface area contributed by atoms with Crippen molar-refractivity contribution < 1.29 is 4.74 Å². The van der Waals surface area contributed by atoms with Crippen LogP contribution in [0.15, 0.2) is 41.3 Å². The molecule has 0 fully saturated rings. The number of methoxy groups -OCH3 is 1. The van der Waals surface area contributed by atoms with Gasteiger partial charge in [-0.2, -0.15) is 0 Å². The molecule has 0 radical (unpaired) electrons. The highest BCUT2D eigenvalue weighted by Gasteiger charge is 1.97. The Kier molecular flexibility index (Phi) is 3.96. The van der Waals surface area contributed by atoms with Crippen LogP contribution in [0.3, 0.4) is 0 Å². The number of aliphatic imine (C=N–C) groups is 1. The molecule has 0 aromatic carbocycles. The molecule has 0 aliphatic carbocycles. The standard InChI is InChI=1S/C9H13NO/c1-7(2)6-9(10-4)8(3)11-5/h6H,1,3-4H2,2,5H3/b9-6+. The molecule has 0 spiro atoms. The zero-order valence-electron chi connectivity index (χ0n) is 7.05. The van der Waals surface area contributed by atoms with Crippen LogP contribution in [0.5, 0.6) is 0 Å². The molecule has 0 atom stereocenters. The zero-order valence-corrected chi connectivity index (χ0v) is 7.05. The van der Waals surface area contributed by atoms with Gasteiger partial charge in [-0.15, -0.1) is 0 Å². The lowest BCUT2D eigenvalue weighted by atomic mass is 10.2. The molecule has 2 nitrogen and oxygen atoms in total. The molecule has 0 aromatic rings. The van der Waals surface area contributed by atoms with Crippen LogP contribution in [0.25, 0.3) is 0 Å². The molecule has 0 aliphatic rings. The number of hydrogen-bond acceptors (Lipinski definition) is 2. The third-order valence-electron chi connectivity index (χ3n) is 1.09. The molecule has 0 heterocycles. The maximum atomic E-state index is 4.87. The summed E-state index contributed by atoms with van der Waals surface area (Å²) >= 11 is 0. The van der Waals surface area contributed by atoms with Gasteiger partial charge in [0, 0.05) is 0 Å². The van der Waals surface area contributed by atoms with Gasteiger partial charge in [-0.25, -0.2) is 0 Å². The molecule has 0 saturated heterocycles. The van der Waals surface area contributed by atoms with Crippen LogP contribution in [-0.2, 0) is 4.74 Å². The Labute approximate surface area is 67.6 Å². The third-order valence-corrected chi connectivity index (χ3v) is 1.09. The van der Waals surface area contributed by atoms with Crippen molar-refractivity contribution in [3.05, 3.63) is 36.3 Å². The summed E-state index contributed by atoms with van der Waals surface area (Å²) in [5, 5.41) is 0. The van der Waals surface area contributed by atoms with Gasteiger partial charge < -0.3 is 4.74 Å². The fraction of sp³-hybridized carbons (Fsp3) is 0.222. The second kappa shape index (κ2) is 4.50. The van der Waals surface area contributed by atoms with E-state index in [0.29, 0.717) is 11.5 Å². The highest BCUT2D eigenvalue weighted by Crippen LogP contribution is 2.10. The van der Waals surface area contributed by atoms with Gasteiger partial charge in [0.2, 0.25) is 0 Å². The lowest BCUT2D eigenvalue weighted by Crippen LogP contribution is -1.87. The van der Waals surface area contributed by atoms with E-state index < -0.39 is 0 Å². The summed E-state index contributed by atoms with van der Waals surface area (Å²) in [6.45, 7) is 12.6. The van der Waals surface area contributed by atoms with Gasteiger partial charge in [-0.05, 0) is 19.7 Å². The van der Waals surface area contributed by atoms with Crippen molar-refractivity contribution in [3.8, 4) is 0 Å². The average molecular weight is 151 g/mol. The highest BCUT2D eigenvalue weighted by molar-refractivity contribution is 5.38. The summed E-state index contributed by atoms with van der Waals surface area (Å²) in [4.78, 5) is 3.72. The summed E-state index contributed by atoms with van der Waals surface area (Å²) in [5.41, 5.74) is 1.52. The fourth-order valence-corrected chi connectivity index (χ4v) is 0.552. The van der Waals surface area contributed by atoms with Crippen LogP contribution in [0, 0.1) is 0 Å². The van der Waals surface area contributed by atoms with Gasteiger partial charge in [0.15, 0.2) is 0 Å². The Morgan fingerprint density at radius 2 is 2.00 bits per heavy atom. The molecule has 2 heteroatoms. The van der Waals surface area contributed by atoms with E-state index in [1.807, 2.05) is 6.92 Å². The Morgan fingerprint density at radius 3 is 2.27 bits per heavy atom. The van der Waals surface area contributed by atoms with Crippen LogP contribution in [0.2, 0.25) is 0 Å². The molecule has 0 unspecified atom stereocenters. The maximum Gasteiger partial charge on any atom is 0.137 e. The first-order valence-corrected chi connectivity index (χ1v) is 3.19. The van der Waals surface area contributed by atoms with Crippen molar-refractivity contribution in [1.29, 1.82) is 0 Å². The van der Waals surface area contributed by atoms with Crippen LogP contribution in [0.4, 0.5) is 0 Å². The monoisotopic (exact) mass is 151 g/mol. The van der Waals surface area contributed by atoms with Crippen LogP contribution in [-0.4, -0.2) is 13.8 Å². The molecule has 60 valence electrons. The van der Waals surface area contributed by atoms with E-state index in [1.54, 1.807) is 13.2 Å². The number of nitrogens with zero attached hydrogens (tertiary/aromatic N) is 1. The molecule has 0 amide bonds. The van der Waals surface area contributed by atoms with Crippen molar-refractivity contribution in [1.82, 2.24) is 0 Å². The Balaban J connectivity index is 4.52. The highest BCUT2D eigenvalue weighted by atomic mass is 16.5. The van der Waals surface area contributed by atoms with E-state index in [0.717, 1.165) is 5.57 Å². The first kappa shape index (κ1) is 9.69. The van der Waals surface area contributed by atoms with Crippen molar-refractivity contribution >= 4 is 6.72 Å². The van der Waals surface area contributed by atoms with E-state index in [1.165, 1.54) is 0 Å². The van der Waals surface area contributed by atoms with Gasteiger partial charge in [0.1, 0.15) is 11.5 Å². The topological polar surface area (TPSA) is 21.6 Å². The molecular weight excluding hydrogens is 138 g/mol. The molecule has 11 heavy (non-hydrogen) atoms. The molecule has 0 N–H and O–H groups in total. The van der Waals surface area contributed by atoms with Gasteiger partial charge in [-0.1, -0.05) is 18.7 Å². The van der Waals surface area contributed by atoms with Crippen molar-refractivity contribution in [3.63, 3.8) is 0 Å². The number of rotatable bonds is 4. The van der Waals surface area contributed by atoms with E-state index in [9.17, 15) is 0 Å². The second-order valence-electron chi connectivity index (χ2n) is 2.16. The first-order valence-electron chi connectivity index (χ1n) is 3.19. The summed E-state index contributed by atoms with van der Waals surface area (Å²) in [5.74, 6) is 0.503. The SMILES string of the molecule is C=N/C(=C/C(=C)C)C(=C)OC. The molecule has 0 saturated carbocycles. The van der Waals surface area contributed by atoms with Gasteiger partial charge >= 0.3 is 0 Å². The lowest BCUT2D eigenvalue weighted by Gasteiger charge is -2.02. The van der Waals surface area contributed by atoms with Gasteiger partial charge in [0.05, 0.1) is 7.11 Å². The lowest BCUT2D eigenvalue weighted by molar-refractivity contribution is 0.302. The Bertz CT molecular complexity index is 214. The first-order chi connectivity index (χ1) is 5.11. The molecule has 0 bridgehead atoms. The zero-order chi connectivity index (χ0) is 8.85. The second-order valence-corrected chi connectivity index (χ2v) is 2.16. The quantitative estimate of drug-likeness (QED) is 0.343. The van der Waals surface area contributed by atoms with Crippen molar-refractivity contribution in [2.45, 2.75) is 6.92 Å². The fourth-order valence-electron chi connectivity index (χ4n) is 0.552. The van der Waals surface area contributed by atoms with E-state index in [2.05, 4.69) is 24.9 Å². The van der Waals surface area contributed by atoms with Crippen LogP contribution < -0.4 is 0 Å². The minimum absolute atomic E-state index is 0.503. The average Bonchev–Trinajstić information content (AvgIpc) is 1.98. The Morgan fingerprint density at radius 1 is 1.45 bits per heavy atom. The van der Waals surface area contributed by atoms with Crippen molar-refractivity contribution in [2.24, 2.45) is 4.99 Å².